The van der Waals surface area contributed by atoms with Crippen LogP contribution < -0.4 is 11.1 Å². The Morgan fingerprint density at radius 1 is 1.54 bits per heavy atom. The molecule has 0 heterocycles. The molecule has 0 aliphatic heterocycles. The van der Waals surface area contributed by atoms with Crippen molar-refractivity contribution in [2.24, 2.45) is 5.73 Å². The van der Waals surface area contributed by atoms with Gasteiger partial charge in [-0.3, -0.25) is 0 Å². The highest BCUT2D eigenvalue weighted by Crippen LogP contribution is 2.15. The molecule has 0 bridgehead atoms. The lowest BCUT2D eigenvalue weighted by atomic mass is 10.1. The molecule has 13 heavy (non-hydrogen) atoms. The van der Waals surface area contributed by atoms with Gasteiger partial charge in [0.2, 0.25) is 0 Å². The SMILES string of the molecule is CCc1ccc(NC(N)=O)cc1C. The number of carbonyl (C=O) groups excluding carboxylic acids is 1. The number of hydrogen-bond acceptors (Lipinski definition) is 1. The monoisotopic (exact) mass is 178 g/mol. The lowest BCUT2D eigenvalue weighted by Gasteiger charge is -2.06. The van der Waals surface area contributed by atoms with Gasteiger partial charge >= 0.3 is 6.03 Å². The van der Waals surface area contributed by atoms with Crippen LogP contribution in [0.2, 0.25) is 0 Å². The topological polar surface area (TPSA) is 55.1 Å². The molecule has 0 spiro atoms. The first-order chi connectivity index (χ1) is 6.13. The van der Waals surface area contributed by atoms with Crippen LogP contribution in [0.5, 0.6) is 0 Å². The molecule has 0 aliphatic rings. The molecule has 3 N–H and O–H groups in total. The highest BCUT2D eigenvalue weighted by molar-refractivity contribution is 5.87. The number of amides is 2. The minimum absolute atomic E-state index is 0.524. The fraction of sp³-hybridized carbons (Fsp3) is 0.300. The molecule has 0 fully saturated rings. The van der Waals surface area contributed by atoms with E-state index in [4.69, 9.17) is 5.73 Å². The van der Waals surface area contributed by atoms with Crippen molar-refractivity contribution in [3.05, 3.63) is 29.3 Å². The van der Waals surface area contributed by atoms with E-state index in [1.165, 1.54) is 11.1 Å². The molecule has 0 aliphatic carbocycles. The summed E-state index contributed by atoms with van der Waals surface area (Å²) in [5.41, 5.74) is 8.21. The second kappa shape index (κ2) is 3.94. The highest BCUT2D eigenvalue weighted by Gasteiger charge is 1.99. The second-order valence-corrected chi connectivity index (χ2v) is 2.98. The number of nitrogens with two attached hydrogens (primary N) is 1. The number of aryl methyl sites for hydroxylation is 2. The van der Waals surface area contributed by atoms with Gasteiger partial charge in [0.15, 0.2) is 0 Å². The summed E-state index contributed by atoms with van der Waals surface area (Å²) in [6, 6.07) is 5.25. The Morgan fingerprint density at radius 2 is 2.23 bits per heavy atom. The Bertz CT molecular complexity index is 321. The number of nitrogens with one attached hydrogen (secondary N) is 1. The van der Waals surface area contributed by atoms with Crippen molar-refractivity contribution in [1.29, 1.82) is 0 Å². The Hall–Kier alpha value is -1.51. The third-order valence-electron chi connectivity index (χ3n) is 1.99. The van der Waals surface area contributed by atoms with Gasteiger partial charge in [-0.05, 0) is 36.6 Å². The molecule has 0 atom stereocenters. The van der Waals surface area contributed by atoms with Gasteiger partial charge < -0.3 is 11.1 Å². The lowest BCUT2D eigenvalue weighted by molar-refractivity contribution is 0.259. The van der Waals surface area contributed by atoms with E-state index in [0.29, 0.717) is 0 Å². The highest BCUT2D eigenvalue weighted by atomic mass is 16.2. The molecule has 0 aromatic heterocycles. The van der Waals surface area contributed by atoms with E-state index >= 15 is 0 Å². The molecule has 0 unspecified atom stereocenters. The van der Waals surface area contributed by atoms with Crippen molar-refractivity contribution in [1.82, 2.24) is 0 Å². The van der Waals surface area contributed by atoms with Crippen LogP contribution in [-0.2, 0) is 6.42 Å². The average Bonchev–Trinajstić information content (AvgIpc) is 2.03. The Kier molecular flexibility index (Phi) is 2.90. The van der Waals surface area contributed by atoms with Crippen molar-refractivity contribution < 1.29 is 4.79 Å². The first kappa shape index (κ1) is 9.58. The maximum absolute atomic E-state index is 10.5. The summed E-state index contributed by atoms with van der Waals surface area (Å²) < 4.78 is 0. The van der Waals surface area contributed by atoms with Crippen LogP contribution >= 0.6 is 0 Å². The van der Waals surface area contributed by atoms with E-state index in [1.807, 2.05) is 25.1 Å². The molecule has 3 nitrogen and oxygen atoms in total. The van der Waals surface area contributed by atoms with E-state index in [-0.39, 0.29) is 0 Å². The van der Waals surface area contributed by atoms with Crippen molar-refractivity contribution in [3.63, 3.8) is 0 Å². The van der Waals surface area contributed by atoms with Crippen molar-refractivity contribution in [2.45, 2.75) is 20.3 Å². The third kappa shape index (κ3) is 2.47. The Labute approximate surface area is 77.9 Å². The molecule has 1 aromatic carbocycles. The van der Waals surface area contributed by atoms with Gasteiger partial charge in [0.05, 0.1) is 0 Å². The van der Waals surface area contributed by atoms with Gasteiger partial charge in [0, 0.05) is 5.69 Å². The van der Waals surface area contributed by atoms with E-state index in [1.54, 1.807) is 0 Å². The third-order valence-corrected chi connectivity index (χ3v) is 1.99. The summed E-state index contributed by atoms with van der Waals surface area (Å²) in [6.07, 6.45) is 1.00. The summed E-state index contributed by atoms with van der Waals surface area (Å²) in [5, 5.41) is 2.54. The molecule has 1 rings (SSSR count). The number of rotatable bonds is 2. The molecule has 0 saturated heterocycles. The van der Waals surface area contributed by atoms with E-state index in [0.717, 1.165) is 12.1 Å². The standard InChI is InChI=1S/C10H14N2O/c1-3-8-4-5-9(6-7(8)2)12-10(11)13/h4-6H,3H2,1-2H3,(H3,11,12,13). The summed E-state index contributed by atoms with van der Waals surface area (Å²) >= 11 is 0. The zero-order valence-electron chi connectivity index (χ0n) is 7.92. The predicted octanol–water partition coefficient (Wildman–Crippen LogP) is 2.05. The van der Waals surface area contributed by atoms with Gasteiger partial charge in [-0.25, -0.2) is 4.79 Å². The van der Waals surface area contributed by atoms with Crippen LogP contribution in [-0.4, -0.2) is 6.03 Å². The maximum Gasteiger partial charge on any atom is 0.316 e. The smallest absolute Gasteiger partial charge is 0.316 e. The van der Waals surface area contributed by atoms with Gasteiger partial charge in [0.1, 0.15) is 0 Å². The lowest BCUT2D eigenvalue weighted by Crippen LogP contribution is -2.19. The number of carbonyl (C=O) groups is 1. The van der Waals surface area contributed by atoms with Crippen LogP contribution in [0, 0.1) is 6.92 Å². The fourth-order valence-corrected chi connectivity index (χ4v) is 1.31. The molecular formula is C10H14N2O. The summed E-state index contributed by atoms with van der Waals surface area (Å²) in [4.78, 5) is 10.5. The molecule has 70 valence electrons. The number of primary amides is 1. The zero-order chi connectivity index (χ0) is 9.84. The van der Waals surface area contributed by atoms with Crippen molar-refractivity contribution in [3.8, 4) is 0 Å². The fourth-order valence-electron chi connectivity index (χ4n) is 1.31. The number of anilines is 1. The predicted molar refractivity (Wildman–Crippen MR) is 53.8 cm³/mol. The summed E-state index contributed by atoms with van der Waals surface area (Å²) in [7, 11) is 0. The quantitative estimate of drug-likeness (QED) is 0.715. The van der Waals surface area contributed by atoms with E-state index in [2.05, 4.69) is 12.2 Å². The number of urea groups is 1. The summed E-state index contributed by atoms with van der Waals surface area (Å²) in [5.74, 6) is 0. The minimum atomic E-state index is -0.524. The number of benzene rings is 1. The Balaban J connectivity index is 2.89. The van der Waals surface area contributed by atoms with Crippen molar-refractivity contribution >= 4 is 11.7 Å². The average molecular weight is 178 g/mol. The first-order valence-electron chi connectivity index (χ1n) is 4.29. The van der Waals surface area contributed by atoms with Crippen molar-refractivity contribution in [2.75, 3.05) is 5.32 Å². The molecule has 2 amide bonds. The van der Waals surface area contributed by atoms with Gasteiger partial charge in [-0.2, -0.15) is 0 Å². The van der Waals surface area contributed by atoms with Crippen LogP contribution in [0.4, 0.5) is 10.5 Å². The van der Waals surface area contributed by atoms with Crippen LogP contribution in [0.3, 0.4) is 0 Å². The van der Waals surface area contributed by atoms with Gasteiger partial charge in [-0.1, -0.05) is 13.0 Å². The minimum Gasteiger partial charge on any atom is -0.351 e. The zero-order valence-corrected chi connectivity index (χ0v) is 7.92. The normalized spacial score (nSPS) is 9.69. The molecule has 0 radical (unpaired) electrons. The first-order valence-corrected chi connectivity index (χ1v) is 4.29. The van der Waals surface area contributed by atoms with Crippen LogP contribution in [0.15, 0.2) is 18.2 Å². The van der Waals surface area contributed by atoms with Crippen LogP contribution in [0.25, 0.3) is 0 Å². The molecular weight excluding hydrogens is 164 g/mol. The molecule has 1 aromatic rings. The van der Waals surface area contributed by atoms with Gasteiger partial charge in [-0.15, -0.1) is 0 Å². The largest absolute Gasteiger partial charge is 0.351 e. The van der Waals surface area contributed by atoms with Gasteiger partial charge in [0.25, 0.3) is 0 Å². The number of hydrogen-bond donors (Lipinski definition) is 2. The molecule has 3 heteroatoms. The van der Waals surface area contributed by atoms with Crippen LogP contribution in [0.1, 0.15) is 18.1 Å². The second-order valence-electron chi connectivity index (χ2n) is 2.98. The maximum atomic E-state index is 10.5. The van der Waals surface area contributed by atoms with E-state index in [9.17, 15) is 4.79 Å². The molecule has 0 saturated carbocycles. The van der Waals surface area contributed by atoms with E-state index < -0.39 is 6.03 Å². The Morgan fingerprint density at radius 3 is 2.69 bits per heavy atom. The summed E-state index contributed by atoms with van der Waals surface area (Å²) in [6.45, 7) is 4.12.